The molecule has 0 aliphatic rings. The summed E-state index contributed by atoms with van der Waals surface area (Å²) in [6, 6.07) is 10.4. The van der Waals surface area contributed by atoms with Gasteiger partial charge in [0.15, 0.2) is 21.4 Å². The number of halogens is 1. The van der Waals surface area contributed by atoms with E-state index in [4.69, 9.17) is 4.74 Å². The topological polar surface area (TPSA) is 75.6 Å². The molecule has 5 nitrogen and oxygen atoms in total. The van der Waals surface area contributed by atoms with Crippen molar-refractivity contribution >= 4 is 15.5 Å². The van der Waals surface area contributed by atoms with Crippen molar-refractivity contribution in [3.63, 3.8) is 0 Å². The Morgan fingerprint density at radius 2 is 1.87 bits per heavy atom. The van der Waals surface area contributed by atoms with Crippen LogP contribution in [-0.4, -0.2) is 33.4 Å². The minimum Gasteiger partial charge on any atom is -0.494 e. The first-order valence-electron chi connectivity index (χ1n) is 6.87. The second-order valence-corrected chi connectivity index (χ2v) is 7.10. The van der Waals surface area contributed by atoms with Crippen molar-refractivity contribution in [1.29, 1.82) is 0 Å². The largest absolute Gasteiger partial charge is 0.494 e. The highest BCUT2D eigenvalue weighted by molar-refractivity contribution is 7.90. The van der Waals surface area contributed by atoms with E-state index in [1.54, 1.807) is 18.2 Å². The SMILES string of the molecule is COc1ccc(NCC(O)c2ccc(S(C)(=O)=O)cc2)cc1F. The number of benzene rings is 2. The van der Waals surface area contributed by atoms with Crippen molar-refractivity contribution in [2.45, 2.75) is 11.0 Å². The summed E-state index contributed by atoms with van der Waals surface area (Å²) >= 11 is 0. The molecule has 1 atom stereocenters. The highest BCUT2D eigenvalue weighted by atomic mass is 32.2. The van der Waals surface area contributed by atoms with Crippen LogP contribution >= 0.6 is 0 Å². The summed E-state index contributed by atoms with van der Waals surface area (Å²) in [7, 11) is -1.88. The molecule has 0 spiro atoms. The lowest BCUT2D eigenvalue weighted by atomic mass is 10.1. The number of methoxy groups -OCH3 is 1. The Hall–Kier alpha value is -2.12. The number of aliphatic hydroxyl groups is 1. The summed E-state index contributed by atoms with van der Waals surface area (Å²) in [5.74, 6) is -0.350. The quantitative estimate of drug-likeness (QED) is 0.845. The Kier molecular flexibility index (Phi) is 5.23. The number of aliphatic hydroxyl groups excluding tert-OH is 1. The molecular formula is C16H18FNO4S. The fourth-order valence-electron chi connectivity index (χ4n) is 2.05. The molecule has 0 saturated heterocycles. The monoisotopic (exact) mass is 339 g/mol. The zero-order valence-corrected chi connectivity index (χ0v) is 13.6. The second-order valence-electron chi connectivity index (χ2n) is 5.09. The Morgan fingerprint density at radius 3 is 2.39 bits per heavy atom. The fraction of sp³-hybridized carbons (Fsp3) is 0.250. The second kappa shape index (κ2) is 6.97. The van der Waals surface area contributed by atoms with Crippen LogP contribution in [0.3, 0.4) is 0 Å². The van der Waals surface area contributed by atoms with Crippen LogP contribution in [0.4, 0.5) is 10.1 Å². The lowest BCUT2D eigenvalue weighted by Gasteiger charge is -2.14. The zero-order valence-electron chi connectivity index (χ0n) is 12.8. The molecule has 2 rings (SSSR count). The molecular weight excluding hydrogens is 321 g/mol. The van der Waals surface area contributed by atoms with Crippen LogP contribution < -0.4 is 10.1 Å². The van der Waals surface area contributed by atoms with Gasteiger partial charge < -0.3 is 15.2 Å². The molecule has 0 saturated carbocycles. The lowest BCUT2D eigenvalue weighted by molar-refractivity contribution is 0.191. The summed E-state index contributed by atoms with van der Waals surface area (Å²) < 4.78 is 41.2. The van der Waals surface area contributed by atoms with Crippen LogP contribution in [0.25, 0.3) is 0 Å². The predicted octanol–water partition coefficient (Wildman–Crippen LogP) is 2.38. The molecule has 0 radical (unpaired) electrons. The smallest absolute Gasteiger partial charge is 0.175 e. The maximum Gasteiger partial charge on any atom is 0.175 e. The normalized spacial score (nSPS) is 12.7. The summed E-state index contributed by atoms with van der Waals surface area (Å²) in [5, 5.41) is 13.0. The lowest BCUT2D eigenvalue weighted by Crippen LogP contribution is -2.12. The Bertz CT molecular complexity index is 775. The van der Waals surface area contributed by atoms with Crippen LogP contribution in [0.2, 0.25) is 0 Å². The number of rotatable bonds is 6. The van der Waals surface area contributed by atoms with Crippen molar-refractivity contribution in [1.82, 2.24) is 0 Å². The molecule has 0 aromatic heterocycles. The molecule has 124 valence electrons. The van der Waals surface area contributed by atoms with E-state index in [2.05, 4.69) is 5.32 Å². The summed E-state index contributed by atoms with van der Waals surface area (Å²) in [5.41, 5.74) is 1.08. The molecule has 0 heterocycles. The molecule has 23 heavy (non-hydrogen) atoms. The molecule has 0 bridgehead atoms. The van der Waals surface area contributed by atoms with Gasteiger partial charge in [0.1, 0.15) is 0 Å². The van der Waals surface area contributed by atoms with E-state index in [1.165, 1.54) is 31.4 Å². The van der Waals surface area contributed by atoms with E-state index in [-0.39, 0.29) is 17.2 Å². The first-order chi connectivity index (χ1) is 10.8. The van der Waals surface area contributed by atoms with Gasteiger partial charge in [0, 0.05) is 24.6 Å². The van der Waals surface area contributed by atoms with E-state index in [0.717, 1.165) is 6.26 Å². The van der Waals surface area contributed by atoms with Gasteiger partial charge in [-0.25, -0.2) is 12.8 Å². The molecule has 2 aromatic carbocycles. The van der Waals surface area contributed by atoms with Crippen molar-refractivity contribution in [2.24, 2.45) is 0 Å². The molecule has 0 amide bonds. The molecule has 7 heteroatoms. The van der Waals surface area contributed by atoms with Crippen molar-refractivity contribution in [3.05, 3.63) is 53.8 Å². The maximum atomic E-state index is 13.6. The van der Waals surface area contributed by atoms with Gasteiger partial charge in [0.2, 0.25) is 0 Å². The van der Waals surface area contributed by atoms with E-state index in [9.17, 15) is 17.9 Å². The third kappa shape index (κ3) is 4.43. The first-order valence-corrected chi connectivity index (χ1v) is 8.76. The van der Waals surface area contributed by atoms with Crippen LogP contribution in [0, 0.1) is 5.82 Å². The molecule has 0 aliphatic carbocycles. The van der Waals surface area contributed by atoms with Gasteiger partial charge >= 0.3 is 0 Å². The zero-order chi connectivity index (χ0) is 17.0. The highest BCUT2D eigenvalue weighted by Crippen LogP contribution is 2.22. The summed E-state index contributed by atoms with van der Waals surface area (Å²) in [6.07, 6.45) is 0.270. The standard InChI is InChI=1S/C16H18FNO4S/c1-22-16-8-5-12(9-14(16)17)18-10-15(19)11-3-6-13(7-4-11)23(2,20)21/h3-9,15,18-19H,10H2,1-2H3. The molecule has 0 fully saturated rings. The molecule has 1 unspecified atom stereocenters. The van der Waals surface area contributed by atoms with E-state index >= 15 is 0 Å². The van der Waals surface area contributed by atoms with Crippen LogP contribution in [-0.2, 0) is 9.84 Å². The van der Waals surface area contributed by atoms with Gasteiger partial charge in [-0.2, -0.15) is 0 Å². The number of nitrogens with one attached hydrogen (secondary N) is 1. The number of hydrogen-bond donors (Lipinski definition) is 2. The van der Waals surface area contributed by atoms with E-state index < -0.39 is 21.8 Å². The average Bonchev–Trinajstić information content (AvgIpc) is 2.52. The first kappa shape index (κ1) is 17.2. The van der Waals surface area contributed by atoms with Crippen molar-refractivity contribution < 1.29 is 22.7 Å². The molecule has 2 aromatic rings. The molecule has 0 aliphatic heterocycles. The fourth-order valence-corrected chi connectivity index (χ4v) is 2.68. The van der Waals surface area contributed by atoms with Gasteiger partial charge in [0.05, 0.1) is 18.1 Å². The summed E-state index contributed by atoms with van der Waals surface area (Å²) in [6.45, 7) is 0.157. The van der Waals surface area contributed by atoms with Crippen LogP contribution in [0.5, 0.6) is 5.75 Å². The van der Waals surface area contributed by atoms with Gasteiger partial charge in [-0.15, -0.1) is 0 Å². The van der Waals surface area contributed by atoms with Crippen LogP contribution in [0.1, 0.15) is 11.7 Å². The third-order valence-corrected chi connectivity index (χ3v) is 4.47. The van der Waals surface area contributed by atoms with Gasteiger partial charge in [-0.05, 0) is 29.8 Å². The average molecular weight is 339 g/mol. The Labute approximate surface area is 134 Å². The number of sulfone groups is 1. The highest BCUT2D eigenvalue weighted by Gasteiger charge is 2.11. The van der Waals surface area contributed by atoms with Crippen molar-refractivity contribution in [2.75, 3.05) is 25.2 Å². The van der Waals surface area contributed by atoms with Gasteiger partial charge in [0.25, 0.3) is 0 Å². The van der Waals surface area contributed by atoms with Crippen LogP contribution in [0.15, 0.2) is 47.4 Å². The predicted molar refractivity (Wildman–Crippen MR) is 86.0 cm³/mol. The Balaban J connectivity index is 2.02. The minimum absolute atomic E-state index is 0.146. The van der Waals surface area contributed by atoms with E-state index in [0.29, 0.717) is 11.3 Å². The number of anilines is 1. The Morgan fingerprint density at radius 1 is 1.22 bits per heavy atom. The number of ether oxygens (including phenoxy) is 1. The maximum absolute atomic E-state index is 13.6. The summed E-state index contributed by atoms with van der Waals surface area (Å²) in [4.78, 5) is 0.193. The van der Waals surface area contributed by atoms with Crippen molar-refractivity contribution in [3.8, 4) is 5.75 Å². The van der Waals surface area contributed by atoms with Gasteiger partial charge in [-0.1, -0.05) is 12.1 Å². The van der Waals surface area contributed by atoms with Gasteiger partial charge in [-0.3, -0.25) is 0 Å². The van der Waals surface area contributed by atoms with E-state index in [1.807, 2.05) is 0 Å². The molecule has 2 N–H and O–H groups in total. The number of hydrogen-bond acceptors (Lipinski definition) is 5. The minimum atomic E-state index is -3.26. The third-order valence-electron chi connectivity index (χ3n) is 3.34.